The minimum Gasteiger partial charge on any atom is -0.390 e. The molecule has 0 aromatic carbocycles. The second-order valence-electron chi connectivity index (χ2n) is 10.8. The highest BCUT2D eigenvalue weighted by atomic mass is 79.9. The van der Waals surface area contributed by atoms with Crippen LogP contribution in [0.15, 0.2) is 0 Å². The average molecular weight is 441 g/mol. The maximum atomic E-state index is 12.6. The van der Waals surface area contributed by atoms with Crippen molar-refractivity contribution >= 4 is 21.7 Å². The van der Waals surface area contributed by atoms with Crippen molar-refractivity contribution in [3.8, 4) is 0 Å². The van der Waals surface area contributed by atoms with Crippen LogP contribution in [-0.2, 0) is 9.53 Å². The monoisotopic (exact) mass is 440 g/mol. The SMILES string of the molecule is COC[C@]12CC[C@@](C)(O)C[C@@H]1CCC1C2CC[C@]2(C)[C@@H](C(=O)CBr)CC[C@@H]12. The fraction of sp³-hybridized carbons (Fsp3) is 0.957. The first-order valence-corrected chi connectivity index (χ1v) is 12.2. The van der Waals surface area contributed by atoms with Crippen LogP contribution < -0.4 is 0 Å². The highest BCUT2D eigenvalue weighted by molar-refractivity contribution is 9.09. The van der Waals surface area contributed by atoms with Gasteiger partial charge in [-0.15, -0.1) is 0 Å². The second kappa shape index (κ2) is 7.09. The lowest BCUT2D eigenvalue weighted by Crippen LogP contribution is -2.58. The van der Waals surface area contributed by atoms with Gasteiger partial charge in [0.25, 0.3) is 0 Å². The van der Waals surface area contributed by atoms with Crippen molar-refractivity contribution in [1.82, 2.24) is 0 Å². The molecule has 1 N–H and O–H groups in total. The van der Waals surface area contributed by atoms with Crippen molar-refractivity contribution < 1.29 is 14.6 Å². The molecule has 4 heteroatoms. The summed E-state index contributed by atoms with van der Waals surface area (Å²) in [6.07, 6.45) is 10.2. The van der Waals surface area contributed by atoms with Crippen LogP contribution in [0.1, 0.15) is 71.6 Å². The molecule has 27 heavy (non-hydrogen) atoms. The smallest absolute Gasteiger partial charge is 0.147 e. The molecular formula is C23H37BrO3. The summed E-state index contributed by atoms with van der Waals surface area (Å²) in [4.78, 5) is 12.6. The van der Waals surface area contributed by atoms with Gasteiger partial charge in [-0.05, 0) is 99.2 Å². The fourth-order valence-corrected chi connectivity index (χ4v) is 8.80. The van der Waals surface area contributed by atoms with E-state index < -0.39 is 5.60 Å². The zero-order chi connectivity index (χ0) is 19.4. The molecule has 0 saturated heterocycles. The number of methoxy groups -OCH3 is 1. The van der Waals surface area contributed by atoms with Crippen LogP contribution in [0.25, 0.3) is 0 Å². The van der Waals surface area contributed by atoms with Gasteiger partial charge in [0.15, 0.2) is 0 Å². The number of ether oxygens (including phenoxy) is 1. The quantitative estimate of drug-likeness (QED) is 0.626. The molecule has 8 atom stereocenters. The zero-order valence-corrected chi connectivity index (χ0v) is 18.9. The molecule has 4 aliphatic carbocycles. The number of rotatable bonds is 4. The minimum absolute atomic E-state index is 0.202. The summed E-state index contributed by atoms with van der Waals surface area (Å²) in [6, 6.07) is 0. The van der Waals surface area contributed by atoms with Crippen molar-refractivity contribution in [3.05, 3.63) is 0 Å². The molecule has 0 bridgehead atoms. The van der Waals surface area contributed by atoms with E-state index in [1.807, 2.05) is 14.0 Å². The summed E-state index contributed by atoms with van der Waals surface area (Å²) in [5, 5.41) is 11.2. The van der Waals surface area contributed by atoms with E-state index in [1.165, 1.54) is 32.1 Å². The second-order valence-corrected chi connectivity index (χ2v) is 11.4. The Balaban J connectivity index is 1.63. The summed E-state index contributed by atoms with van der Waals surface area (Å²) in [5.74, 6) is 3.42. The third-order valence-corrected chi connectivity index (χ3v) is 10.1. The maximum Gasteiger partial charge on any atom is 0.147 e. The first-order chi connectivity index (χ1) is 12.8. The Morgan fingerprint density at radius 3 is 2.56 bits per heavy atom. The van der Waals surface area contributed by atoms with E-state index >= 15 is 0 Å². The van der Waals surface area contributed by atoms with Crippen molar-refractivity contribution in [1.29, 1.82) is 0 Å². The van der Waals surface area contributed by atoms with E-state index in [0.717, 1.165) is 38.2 Å². The van der Waals surface area contributed by atoms with Gasteiger partial charge in [0.05, 0.1) is 17.5 Å². The van der Waals surface area contributed by atoms with Gasteiger partial charge >= 0.3 is 0 Å². The number of hydrogen-bond donors (Lipinski definition) is 1. The molecule has 154 valence electrons. The number of carbonyl (C=O) groups is 1. The van der Waals surface area contributed by atoms with E-state index in [-0.39, 0.29) is 16.7 Å². The van der Waals surface area contributed by atoms with Gasteiger partial charge in [0.2, 0.25) is 0 Å². The van der Waals surface area contributed by atoms with Crippen molar-refractivity contribution in [2.75, 3.05) is 19.0 Å². The van der Waals surface area contributed by atoms with Crippen molar-refractivity contribution in [2.45, 2.75) is 77.2 Å². The van der Waals surface area contributed by atoms with Crippen LogP contribution in [0.4, 0.5) is 0 Å². The number of hydrogen-bond acceptors (Lipinski definition) is 3. The van der Waals surface area contributed by atoms with Crippen LogP contribution in [-0.4, -0.2) is 35.5 Å². The van der Waals surface area contributed by atoms with Crippen LogP contribution >= 0.6 is 15.9 Å². The molecule has 0 heterocycles. The summed E-state index contributed by atoms with van der Waals surface area (Å²) in [7, 11) is 1.86. The molecule has 4 fully saturated rings. The Hall–Kier alpha value is 0.0700. The summed E-state index contributed by atoms with van der Waals surface area (Å²) >= 11 is 3.43. The molecular weight excluding hydrogens is 404 g/mol. The highest BCUT2D eigenvalue weighted by Gasteiger charge is 2.62. The standard InChI is InChI=1S/C23H37BrO3/c1-21(26)10-11-23(14-27-3)15(12-21)4-5-16-17-6-7-19(20(25)13-24)22(17,2)9-8-18(16)23/h15-19,26H,4-14H2,1-3H3/t15-,16?,17-,18?,19+,21+,22-,23+/m0/s1. The third-order valence-electron chi connectivity index (χ3n) is 9.59. The third kappa shape index (κ3) is 3.08. The molecule has 0 aromatic heterocycles. The average Bonchev–Trinajstić information content (AvgIpc) is 2.98. The first kappa shape index (κ1) is 20.3. The molecule has 4 saturated carbocycles. The molecule has 4 aliphatic rings. The number of carbonyl (C=O) groups excluding carboxylic acids is 1. The van der Waals surface area contributed by atoms with Crippen molar-refractivity contribution in [2.24, 2.45) is 40.4 Å². The fourth-order valence-electron chi connectivity index (χ4n) is 8.41. The van der Waals surface area contributed by atoms with Crippen LogP contribution in [0, 0.1) is 40.4 Å². The molecule has 4 rings (SSSR count). The maximum absolute atomic E-state index is 12.6. The van der Waals surface area contributed by atoms with E-state index in [2.05, 4.69) is 22.9 Å². The van der Waals surface area contributed by atoms with Crippen molar-refractivity contribution in [3.63, 3.8) is 0 Å². The number of alkyl halides is 1. The van der Waals surface area contributed by atoms with Gasteiger partial charge in [-0.1, -0.05) is 22.9 Å². The lowest BCUT2D eigenvalue weighted by atomic mass is 9.43. The predicted molar refractivity (Wildman–Crippen MR) is 111 cm³/mol. The van der Waals surface area contributed by atoms with E-state index in [1.54, 1.807) is 0 Å². The van der Waals surface area contributed by atoms with E-state index in [9.17, 15) is 9.90 Å². The molecule has 0 radical (unpaired) electrons. The Morgan fingerprint density at radius 1 is 1.07 bits per heavy atom. The van der Waals surface area contributed by atoms with Crippen LogP contribution in [0.3, 0.4) is 0 Å². The molecule has 0 spiro atoms. The molecule has 2 unspecified atom stereocenters. The Kier molecular flexibility index (Phi) is 5.34. The van der Waals surface area contributed by atoms with Gasteiger partial charge < -0.3 is 9.84 Å². The van der Waals surface area contributed by atoms with E-state index in [4.69, 9.17) is 4.74 Å². The Labute approximate surface area is 173 Å². The summed E-state index contributed by atoms with van der Waals surface area (Å²) < 4.78 is 5.83. The number of aliphatic hydroxyl groups is 1. The minimum atomic E-state index is -0.501. The number of ketones is 1. The van der Waals surface area contributed by atoms with Crippen LogP contribution in [0.2, 0.25) is 0 Å². The van der Waals surface area contributed by atoms with Gasteiger partial charge in [-0.2, -0.15) is 0 Å². The van der Waals surface area contributed by atoms with Crippen LogP contribution in [0.5, 0.6) is 0 Å². The van der Waals surface area contributed by atoms with Gasteiger partial charge in [-0.3, -0.25) is 4.79 Å². The molecule has 3 nitrogen and oxygen atoms in total. The topological polar surface area (TPSA) is 46.5 Å². The predicted octanol–water partition coefficient (Wildman–Crippen LogP) is 4.99. The highest BCUT2D eigenvalue weighted by Crippen LogP contribution is 2.68. The largest absolute Gasteiger partial charge is 0.390 e. The molecule has 0 amide bonds. The van der Waals surface area contributed by atoms with Gasteiger partial charge in [-0.25, -0.2) is 0 Å². The number of halogens is 1. The first-order valence-electron chi connectivity index (χ1n) is 11.1. The molecule has 0 aliphatic heterocycles. The normalized spacial score (nSPS) is 52.0. The Bertz CT molecular complexity index is 590. The Morgan fingerprint density at radius 2 is 1.85 bits per heavy atom. The molecule has 0 aromatic rings. The summed E-state index contributed by atoms with van der Waals surface area (Å²) in [5.41, 5.74) is -0.0509. The van der Waals surface area contributed by atoms with Gasteiger partial charge in [0, 0.05) is 13.0 Å². The summed E-state index contributed by atoms with van der Waals surface area (Å²) in [6.45, 7) is 5.30. The lowest BCUT2D eigenvalue weighted by Gasteiger charge is -2.62. The number of Topliss-reactive ketones (excluding diaryl/α,β-unsaturated/α-hetero) is 1. The number of fused-ring (bicyclic) bond motifs is 5. The van der Waals surface area contributed by atoms with Gasteiger partial charge in [0.1, 0.15) is 5.78 Å². The zero-order valence-electron chi connectivity index (χ0n) is 17.3. The van der Waals surface area contributed by atoms with E-state index in [0.29, 0.717) is 28.9 Å². The lowest BCUT2D eigenvalue weighted by molar-refractivity contribution is -0.175.